The first-order valence-corrected chi connectivity index (χ1v) is 6.93. The van der Waals surface area contributed by atoms with Gasteiger partial charge in [-0.15, -0.1) is 16.4 Å². The van der Waals surface area contributed by atoms with Gasteiger partial charge >= 0.3 is 5.97 Å². The number of hydrogen-bond acceptors (Lipinski definition) is 7. The van der Waals surface area contributed by atoms with Crippen molar-refractivity contribution in [2.45, 2.75) is 13.3 Å². The van der Waals surface area contributed by atoms with Crippen LogP contribution in [0, 0.1) is 0 Å². The van der Waals surface area contributed by atoms with Crippen LogP contribution in [0.15, 0.2) is 24.7 Å². The summed E-state index contributed by atoms with van der Waals surface area (Å²) in [5.74, 6) is -0.409. The number of aromatic carboxylic acids is 1. The zero-order valence-electron chi connectivity index (χ0n) is 11.0. The van der Waals surface area contributed by atoms with Crippen molar-refractivity contribution in [3.05, 3.63) is 35.2 Å². The van der Waals surface area contributed by atoms with Crippen LogP contribution < -0.4 is 0 Å². The Kier molecular flexibility index (Phi) is 3.40. The average Bonchev–Trinajstić information content (AvgIpc) is 3.16. The Morgan fingerprint density at radius 2 is 2.33 bits per heavy atom. The third-order valence-corrected chi connectivity index (χ3v) is 3.94. The highest BCUT2D eigenvalue weighted by Gasteiger charge is 2.17. The molecule has 0 aliphatic heterocycles. The highest BCUT2D eigenvalue weighted by molar-refractivity contribution is 7.17. The molecule has 0 unspecified atom stereocenters. The second-order valence-electron chi connectivity index (χ2n) is 4.11. The van der Waals surface area contributed by atoms with Crippen molar-refractivity contribution in [1.29, 1.82) is 0 Å². The lowest BCUT2D eigenvalue weighted by Crippen LogP contribution is -1.98. The molecule has 1 N–H and O–H groups in total. The number of carboxylic acids is 1. The summed E-state index contributed by atoms with van der Waals surface area (Å²) in [6.45, 7) is 1.88. The third-order valence-electron chi connectivity index (χ3n) is 2.80. The standard InChI is InChI=1S/C12H10N6O2S/c1-2-8-10(12(19)20)21-11(15-8)7-3-4-13-9(5-7)18-6-14-16-17-18/h3-6H,2H2,1H3,(H,19,20). The van der Waals surface area contributed by atoms with E-state index in [2.05, 4.69) is 25.5 Å². The van der Waals surface area contributed by atoms with Gasteiger partial charge in [-0.25, -0.2) is 14.8 Å². The number of hydrogen-bond donors (Lipinski definition) is 1. The average molecular weight is 302 g/mol. The zero-order valence-corrected chi connectivity index (χ0v) is 11.8. The molecule has 9 heteroatoms. The minimum Gasteiger partial charge on any atom is -0.477 e. The molecule has 0 spiro atoms. The lowest BCUT2D eigenvalue weighted by atomic mass is 10.2. The maximum atomic E-state index is 11.2. The lowest BCUT2D eigenvalue weighted by Gasteiger charge is -2.00. The Bertz CT molecular complexity index is 783. The summed E-state index contributed by atoms with van der Waals surface area (Å²) >= 11 is 1.15. The van der Waals surface area contributed by atoms with E-state index in [1.54, 1.807) is 18.3 Å². The van der Waals surface area contributed by atoms with Crippen LogP contribution >= 0.6 is 11.3 Å². The van der Waals surface area contributed by atoms with Crippen LogP contribution in [-0.4, -0.2) is 41.3 Å². The maximum absolute atomic E-state index is 11.2. The number of pyridine rings is 1. The van der Waals surface area contributed by atoms with Gasteiger partial charge in [-0.05, 0) is 29.0 Å². The van der Waals surface area contributed by atoms with E-state index in [4.69, 9.17) is 0 Å². The molecule has 0 aliphatic carbocycles. The second kappa shape index (κ2) is 5.37. The topological polar surface area (TPSA) is 107 Å². The van der Waals surface area contributed by atoms with Crippen molar-refractivity contribution >= 4 is 17.3 Å². The molecule has 0 fully saturated rings. The van der Waals surface area contributed by atoms with Gasteiger partial charge in [0.15, 0.2) is 5.82 Å². The van der Waals surface area contributed by atoms with Crippen molar-refractivity contribution < 1.29 is 9.90 Å². The summed E-state index contributed by atoms with van der Waals surface area (Å²) in [5, 5.41) is 20.7. The molecule has 0 radical (unpaired) electrons. The Hall–Kier alpha value is -2.68. The van der Waals surface area contributed by atoms with E-state index in [9.17, 15) is 9.90 Å². The first kappa shape index (κ1) is 13.3. The number of rotatable bonds is 4. The van der Waals surface area contributed by atoms with E-state index in [-0.39, 0.29) is 4.88 Å². The SMILES string of the molecule is CCc1nc(-c2ccnc(-n3cnnn3)c2)sc1C(=O)O. The predicted octanol–water partition coefficient (Wildman–Crippen LogP) is 1.44. The largest absolute Gasteiger partial charge is 0.477 e. The van der Waals surface area contributed by atoms with Crippen LogP contribution in [0.25, 0.3) is 16.4 Å². The van der Waals surface area contributed by atoms with Crippen LogP contribution in [-0.2, 0) is 6.42 Å². The number of nitrogens with zero attached hydrogens (tertiary/aromatic N) is 6. The molecular formula is C12H10N6O2S. The molecule has 0 bridgehead atoms. The number of carboxylic acid groups (broad SMARTS) is 1. The number of tetrazole rings is 1. The number of carbonyl (C=O) groups is 1. The van der Waals surface area contributed by atoms with Crippen molar-refractivity contribution in [2.24, 2.45) is 0 Å². The van der Waals surface area contributed by atoms with E-state index in [1.807, 2.05) is 6.92 Å². The summed E-state index contributed by atoms with van der Waals surface area (Å²) in [4.78, 5) is 20.0. The van der Waals surface area contributed by atoms with Crippen molar-refractivity contribution in [3.8, 4) is 16.4 Å². The minimum absolute atomic E-state index is 0.272. The van der Waals surface area contributed by atoms with Crippen LogP contribution in [0.4, 0.5) is 0 Å². The maximum Gasteiger partial charge on any atom is 0.347 e. The Balaban J connectivity index is 2.05. The number of thiazole rings is 1. The molecule has 106 valence electrons. The first-order chi connectivity index (χ1) is 10.2. The highest BCUT2D eigenvalue weighted by Crippen LogP contribution is 2.29. The second-order valence-corrected chi connectivity index (χ2v) is 5.11. The molecule has 3 rings (SSSR count). The van der Waals surface area contributed by atoms with Gasteiger partial charge in [0, 0.05) is 11.8 Å². The predicted molar refractivity (Wildman–Crippen MR) is 74.4 cm³/mol. The summed E-state index contributed by atoms with van der Waals surface area (Å²) in [6.07, 6.45) is 3.62. The summed E-state index contributed by atoms with van der Waals surface area (Å²) in [7, 11) is 0. The highest BCUT2D eigenvalue weighted by atomic mass is 32.1. The number of aryl methyl sites for hydroxylation is 1. The molecule has 0 amide bonds. The van der Waals surface area contributed by atoms with Crippen LogP contribution in [0.5, 0.6) is 0 Å². The van der Waals surface area contributed by atoms with E-state index in [0.717, 1.165) is 16.9 Å². The van der Waals surface area contributed by atoms with Crippen molar-refractivity contribution in [3.63, 3.8) is 0 Å². The summed E-state index contributed by atoms with van der Waals surface area (Å²) in [6, 6.07) is 3.54. The minimum atomic E-state index is -0.953. The van der Waals surface area contributed by atoms with Gasteiger partial charge in [-0.3, -0.25) is 0 Å². The molecule has 3 aromatic heterocycles. The molecule has 21 heavy (non-hydrogen) atoms. The van der Waals surface area contributed by atoms with Gasteiger partial charge < -0.3 is 5.11 Å². The van der Waals surface area contributed by atoms with Crippen LogP contribution in [0.2, 0.25) is 0 Å². The van der Waals surface area contributed by atoms with Crippen molar-refractivity contribution in [2.75, 3.05) is 0 Å². The molecule has 8 nitrogen and oxygen atoms in total. The van der Waals surface area contributed by atoms with Gasteiger partial charge in [0.2, 0.25) is 0 Å². The molecule has 0 saturated carbocycles. The molecule has 3 aromatic rings. The third kappa shape index (κ3) is 2.50. The molecule has 0 atom stereocenters. The Labute approximate surface area is 123 Å². The van der Waals surface area contributed by atoms with Gasteiger partial charge in [0.1, 0.15) is 16.2 Å². The van der Waals surface area contributed by atoms with E-state index < -0.39 is 5.97 Å². The van der Waals surface area contributed by atoms with Gasteiger partial charge in [0.25, 0.3) is 0 Å². The van der Waals surface area contributed by atoms with E-state index in [1.165, 1.54) is 11.0 Å². The smallest absolute Gasteiger partial charge is 0.347 e. The molecule has 0 aliphatic rings. The van der Waals surface area contributed by atoms with Gasteiger partial charge in [-0.1, -0.05) is 6.92 Å². The van der Waals surface area contributed by atoms with Crippen LogP contribution in [0.1, 0.15) is 22.3 Å². The Morgan fingerprint density at radius 3 is 2.95 bits per heavy atom. The molecule has 0 saturated heterocycles. The molecule has 0 aromatic carbocycles. The fraction of sp³-hybridized carbons (Fsp3) is 0.167. The quantitative estimate of drug-likeness (QED) is 0.777. The normalized spacial score (nSPS) is 10.7. The summed E-state index contributed by atoms with van der Waals surface area (Å²) in [5.41, 5.74) is 1.37. The monoisotopic (exact) mass is 302 g/mol. The number of aromatic nitrogens is 6. The molecule has 3 heterocycles. The fourth-order valence-electron chi connectivity index (χ4n) is 1.82. The van der Waals surface area contributed by atoms with E-state index >= 15 is 0 Å². The zero-order chi connectivity index (χ0) is 14.8. The summed E-state index contributed by atoms with van der Waals surface area (Å²) < 4.78 is 1.43. The van der Waals surface area contributed by atoms with Crippen LogP contribution in [0.3, 0.4) is 0 Å². The van der Waals surface area contributed by atoms with Gasteiger partial charge in [-0.2, -0.15) is 4.68 Å². The Morgan fingerprint density at radius 1 is 1.48 bits per heavy atom. The molecular weight excluding hydrogens is 292 g/mol. The van der Waals surface area contributed by atoms with E-state index in [0.29, 0.717) is 22.9 Å². The lowest BCUT2D eigenvalue weighted by molar-refractivity contribution is 0.0701. The fourth-order valence-corrected chi connectivity index (χ4v) is 2.81. The van der Waals surface area contributed by atoms with Crippen molar-refractivity contribution in [1.82, 2.24) is 30.2 Å². The first-order valence-electron chi connectivity index (χ1n) is 6.12. The van der Waals surface area contributed by atoms with Gasteiger partial charge in [0.05, 0.1) is 5.69 Å².